The lowest BCUT2D eigenvalue weighted by atomic mass is 9.86. The number of alkyl carbamates (subject to hydrolysis) is 1. The van der Waals surface area contributed by atoms with Crippen molar-refractivity contribution in [3.8, 4) is 0 Å². The molecular formula is C16H24N2O3. The number of aliphatic hydroxyl groups excluding tert-OH is 1. The van der Waals surface area contributed by atoms with Gasteiger partial charge in [-0.15, -0.1) is 0 Å². The van der Waals surface area contributed by atoms with E-state index >= 15 is 0 Å². The first-order chi connectivity index (χ1) is 10.2. The van der Waals surface area contributed by atoms with Crippen molar-refractivity contribution in [3.05, 3.63) is 35.9 Å². The molecule has 3 N–H and O–H groups in total. The molecule has 5 nitrogen and oxygen atoms in total. The number of benzene rings is 1. The number of hydrogen-bond donors (Lipinski definition) is 3. The topological polar surface area (TPSA) is 70.6 Å². The van der Waals surface area contributed by atoms with Gasteiger partial charge in [0.25, 0.3) is 0 Å². The average Bonchev–Trinajstić information content (AvgIpc) is 2.48. The molecule has 1 aromatic rings. The third-order valence-corrected chi connectivity index (χ3v) is 3.86. The van der Waals surface area contributed by atoms with E-state index in [1.54, 1.807) is 0 Å². The van der Waals surface area contributed by atoms with E-state index in [0.29, 0.717) is 12.6 Å². The molecule has 5 heteroatoms. The molecule has 2 rings (SSSR count). The second kappa shape index (κ2) is 8.00. The molecule has 1 aliphatic rings. The fraction of sp³-hybridized carbons (Fsp3) is 0.562. The van der Waals surface area contributed by atoms with Crippen molar-refractivity contribution in [2.75, 3.05) is 6.61 Å². The maximum Gasteiger partial charge on any atom is 0.407 e. The summed E-state index contributed by atoms with van der Waals surface area (Å²) in [5.74, 6) is 0. The molecule has 1 aliphatic carbocycles. The van der Waals surface area contributed by atoms with E-state index in [-0.39, 0.29) is 24.8 Å². The normalized spacial score (nSPS) is 22.2. The first-order valence-corrected chi connectivity index (χ1v) is 7.55. The monoisotopic (exact) mass is 292 g/mol. The Kier molecular flexibility index (Phi) is 6.02. The Balaban J connectivity index is 1.60. The highest BCUT2D eigenvalue weighted by molar-refractivity contribution is 5.67. The Labute approximate surface area is 125 Å². The molecule has 0 heterocycles. The van der Waals surface area contributed by atoms with Crippen LogP contribution in [0.15, 0.2) is 30.3 Å². The maximum atomic E-state index is 11.7. The number of ether oxygens (including phenoxy) is 1. The molecule has 0 spiro atoms. The quantitative estimate of drug-likeness (QED) is 0.717. The van der Waals surface area contributed by atoms with Gasteiger partial charge in [0.15, 0.2) is 0 Å². The molecule has 0 unspecified atom stereocenters. The largest absolute Gasteiger partial charge is 0.445 e. The van der Waals surface area contributed by atoms with E-state index in [2.05, 4.69) is 10.6 Å². The van der Waals surface area contributed by atoms with Gasteiger partial charge in [-0.1, -0.05) is 37.3 Å². The zero-order chi connectivity index (χ0) is 15.1. The SMILES string of the molecule is CC[C@@H](CO)NC1CC(NC(=O)OCc2ccccc2)C1. The Bertz CT molecular complexity index is 428. The zero-order valence-corrected chi connectivity index (χ0v) is 12.4. The number of nitrogens with one attached hydrogen (secondary N) is 2. The number of amides is 1. The van der Waals surface area contributed by atoms with Crippen molar-refractivity contribution in [3.63, 3.8) is 0 Å². The van der Waals surface area contributed by atoms with E-state index < -0.39 is 0 Å². The summed E-state index contributed by atoms with van der Waals surface area (Å²) in [5.41, 5.74) is 0.981. The molecule has 21 heavy (non-hydrogen) atoms. The summed E-state index contributed by atoms with van der Waals surface area (Å²) < 4.78 is 5.18. The lowest BCUT2D eigenvalue weighted by molar-refractivity contribution is 0.121. The molecule has 1 aromatic carbocycles. The lowest BCUT2D eigenvalue weighted by Gasteiger charge is -2.38. The van der Waals surface area contributed by atoms with Crippen LogP contribution in [0.5, 0.6) is 0 Å². The number of hydrogen-bond acceptors (Lipinski definition) is 4. The Morgan fingerprint density at radius 1 is 1.33 bits per heavy atom. The van der Waals surface area contributed by atoms with Crippen LogP contribution in [-0.2, 0) is 11.3 Å². The Morgan fingerprint density at radius 3 is 2.67 bits per heavy atom. The Morgan fingerprint density at radius 2 is 2.05 bits per heavy atom. The second-order valence-electron chi connectivity index (χ2n) is 5.53. The summed E-state index contributed by atoms with van der Waals surface area (Å²) in [7, 11) is 0. The zero-order valence-electron chi connectivity index (χ0n) is 12.4. The van der Waals surface area contributed by atoms with Crippen LogP contribution >= 0.6 is 0 Å². The minimum Gasteiger partial charge on any atom is -0.445 e. The first kappa shape index (κ1) is 15.8. The van der Waals surface area contributed by atoms with Gasteiger partial charge in [-0.2, -0.15) is 0 Å². The average molecular weight is 292 g/mol. The van der Waals surface area contributed by atoms with Crippen molar-refractivity contribution in [1.82, 2.24) is 10.6 Å². The first-order valence-electron chi connectivity index (χ1n) is 7.55. The summed E-state index contributed by atoms with van der Waals surface area (Å²) in [6.45, 7) is 2.50. The van der Waals surface area contributed by atoms with Crippen LogP contribution in [0, 0.1) is 0 Å². The lowest BCUT2D eigenvalue weighted by Crippen LogP contribution is -2.55. The summed E-state index contributed by atoms with van der Waals surface area (Å²) >= 11 is 0. The molecule has 1 atom stereocenters. The van der Waals surface area contributed by atoms with Gasteiger partial charge in [0, 0.05) is 18.1 Å². The second-order valence-corrected chi connectivity index (χ2v) is 5.53. The van der Waals surface area contributed by atoms with Gasteiger partial charge in [-0.25, -0.2) is 4.79 Å². The molecule has 0 radical (unpaired) electrons. The third-order valence-electron chi connectivity index (χ3n) is 3.86. The van der Waals surface area contributed by atoms with Gasteiger partial charge >= 0.3 is 6.09 Å². The summed E-state index contributed by atoms with van der Waals surface area (Å²) in [6.07, 6.45) is 2.31. The summed E-state index contributed by atoms with van der Waals surface area (Å²) in [4.78, 5) is 11.7. The van der Waals surface area contributed by atoms with Crippen LogP contribution in [0.4, 0.5) is 4.79 Å². The highest BCUT2D eigenvalue weighted by Crippen LogP contribution is 2.21. The molecule has 0 aromatic heterocycles. The van der Waals surface area contributed by atoms with Crippen LogP contribution in [0.3, 0.4) is 0 Å². The maximum absolute atomic E-state index is 11.7. The van der Waals surface area contributed by atoms with E-state index in [0.717, 1.165) is 24.8 Å². The van der Waals surface area contributed by atoms with Crippen LogP contribution in [0.2, 0.25) is 0 Å². The number of aliphatic hydroxyl groups is 1. The standard InChI is InChI=1S/C16H24N2O3/c1-2-13(10-19)17-14-8-15(9-14)18-16(20)21-11-12-6-4-3-5-7-12/h3-7,13-15,17,19H,2,8-11H2,1H3,(H,18,20)/t13-,14?,15?/m0/s1. The predicted molar refractivity (Wildman–Crippen MR) is 80.9 cm³/mol. The molecule has 0 saturated heterocycles. The van der Waals surface area contributed by atoms with Gasteiger partial charge in [0.1, 0.15) is 6.61 Å². The number of rotatable bonds is 7. The smallest absolute Gasteiger partial charge is 0.407 e. The molecule has 1 saturated carbocycles. The Hall–Kier alpha value is -1.59. The fourth-order valence-electron chi connectivity index (χ4n) is 2.44. The fourth-order valence-corrected chi connectivity index (χ4v) is 2.44. The van der Waals surface area contributed by atoms with Gasteiger partial charge in [-0.3, -0.25) is 0 Å². The van der Waals surface area contributed by atoms with Crippen molar-refractivity contribution in [1.29, 1.82) is 0 Å². The highest BCUT2D eigenvalue weighted by Gasteiger charge is 2.31. The van der Waals surface area contributed by atoms with Crippen LogP contribution in [0.1, 0.15) is 31.7 Å². The third kappa shape index (κ3) is 5.02. The van der Waals surface area contributed by atoms with Crippen molar-refractivity contribution in [2.24, 2.45) is 0 Å². The van der Waals surface area contributed by atoms with Gasteiger partial charge in [0.2, 0.25) is 0 Å². The van der Waals surface area contributed by atoms with Crippen LogP contribution in [0.25, 0.3) is 0 Å². The van der Waals surface area contributed by atoms with Crippen molar-refractivity contribution < 1.29 is 14.6 Å². The van der Waals surface area contributed by atoms with Crippen molar-refractivity contribution in [2.45, 2.75) is 50.9 Å². The van der Waals surface area contributed by atoms with Gasteiger partial charge in [0.05, 0.1) is 6.61 Å². The van der Waals surface area contributed by atoms with E-state index in [9.17, 15) is 4.79 Å². The molecule has 0 aliphatic heterocycles. The predicted octanol–water partition coefficient (Wildman–Crippen LogP) is 1.80. The number of carbonyl (C=O) groups is 1. The van der Waals surface area contributed by atoms with Crippen LogP contribution < -0.4 is 10.6 Å². The van der Waals surface area contributed by atoms with Crippen molar-refractivity contribution >= 4 is 6.09 Å². The minimum atomic E-state index is -0.364. The number of carbonyl (C=O) groups excluding carboxylic acids is 1. The molecule has 116 valence electrons. The van der Waals surface area contributed by atoms with E-state index in [1.165, 1.54) is 0 Å². The van der Waals surface area contributed by atoms with E-state index in [4.69, 9.17) is 9.84 Å². The van der Waals surface area contributed by atoms with Gasteiger partial charge < -0.3 is 20.5 Å². The summed E-state index contributed by atoms with van der Waals surface area (Å²) in [5, 5.41) is 15.4. The summed E-state index contributed by atoms with van der Waals surface area (Å²) in [6, 6.07) is 10.3. The minimum absolute atomic E-state index is 0.154. The van der Waals surface area contributed by atoms with Gasteiger partial charge in [-0.05, 0) is 24.8 Å². The molecule has 1 fully saturated rings. The van der Waals surface area contributed by atoms with Crippen LogP contribution in [-0.4, -0.2) is 35.9 Å². The molecular weight excluding hydrogens is 268 g/mol. The molecule has 1 amide bonds. The molecule has 0 bridgehead atoms. The highest BCUT2D eigenvalue weighted by atomic mass is 16.5. The van der Waals surface area contributed by atoms with E-state index in [1.807, 2.05) is 37.3 Å².